The molecule has 28 heavy (non-hydrogen) atoms. The van der Waals surface area contributed by atoms with E-state index in [1.54, 1.807) is 6.33 Å². The fraction of sp³-hybridized carbons (Fsp3) is 0.591. The number of hydrogen-bond donors (Lipinski definition) is 0. The largest absolute Gasteiger partial charge is 0.432 e. The maximum absolute atomic E-state index is 6.34. The Bertz CT molecular complexity index is 1030. The van der Waals surface area contributed by atoms with Gasteiger partial charge in [0.15, 0.2) is 11.4 Å². The molecule has 1 fully saturated rings. The molecule has 5 heterocycles. The van der Waals surface area contributed by atoms with Crippen LogP contribution in [0.4, 0.5) is 5.82 Å². The number of rotatable bonds is 3. The van der Waals surface area contributed by atoms with Gasteiger partial charge in [-0.2, -0.15) is 0 Å². The summed E-state index contributed by atoms with van der Waals surface area (Å²) >= 11 is 0. The molecule has 0 bridgehead atoms. The van der Waals surface area contributed by atoms with Crippen LogP contribution in [-0.4, -0.2) is 33.6 Å². The number of aromatic nitrogens is 3. The van der Waals surface area contributed by atoms with E-state index < -0.39 is 0 Å². The van der Waals surface area contributed by atoms with Crippen LogP contribution in [-0.2, 0) is 24.2 Å². The molecule has 3 aromatic rings. The highest BCUT2D eigenvalue weighted by molar-refractivity contribution is 6.06. The number of furan rings is 1. The van der Waals surface area contributed by atoms with Crippen LogP contribution in [0.5, 0.6) is 0 Å². The van der Waals surface area contributed by atoms with Gasteiger partial charge in [-0.3, -0.25) is 0 Å². The lowest BCUT2D eigenvalue weighted by Crippen LogP contribution is -2.32. The molecule has 0 radical (unpaired) electrons. The Labute approximate surface area is 165 Å². The monoisotopic (exact) mass is 380 g/mol. The highest BCUT2D eigenvalue weighted by Crippen LogP contribution is 2.40. The lowest BCUT2D eigenvalue weighted by Gasteiger charge is -2.33. The van der Waals surface area contributed by atoms with Gasteiger partial charge in [-0.1, -0.05) is 13.3 Å². The van der Waals surface area contributed by atoms with E-state index in [-0.39, 0.29) is 5.60 Å². The van der Waals surface area contributed by atoms with Crippen LogP contribution in [0.2, 0.25) is 0 Å². The zero-order valence-electron chi connectivity index (χ0n) is 17.0. The summed E-state index contributed by atoms with van der Waals surface area (Å²) in [7, 11) is 0. The molecule has 148 valence electrons. The minimum absolute atomic E-state index is 0.197. The topological polar surface area (TPSA) is 64.3 Å². The van der Waals surface area contributed by atoms with Gasteiger partial charge in [-0.05, 0) is 45.1 Å². The molecule has 0 N–H and O–H groups in total. The molecule has 5 rings (SSSR count). The number of fused-ring (bicyclic) bond motifs is 5. The summed E-state index contributed by atoms with van der Waals surface area (Å²) in [6.45, 7) is 9.14. The van der Waals surface area contributed by atoms with Crippen LogP contribution >= 0.6 is 0 Å². The first-order valence-corrected chi connectivity index (χ1v) is 10.5. The van der Waals surface area contributed by atoms with Gasteiger partial charge in [0.1, 0.15) is 11.8 Å². The molecule has 6 nitrogen and oxygen atoms in total. The third kappa shape index (κ3) is 2.85. The van der Waals surface area contributed by atoms with Gasteiger partial charge in [-0.25, -0.2) is 15.0 Å². The Morgan fingerprint density at radius 2 is 1.93 bits per heavy atom. The van der Waals surface area contributed by atoms with E-state index in [2.05, 4.69) is 35.6 Å². The minimum atomic E-state index is -0.197. The quantitative estimate of drug-likeness (QED) is 0.663. The van der Waals surface area contributed by atoms with Crippen LogP contribution in [0, 0.1) is 0 Å². The normalized spacial score (nSPS) is 19.3. The van der Waals surface area contributed by atoms with E-state index in [0.29, 0.717) is 12.3 Å². The lowest BCUT2D eigenvalue weighted by molar-refractivity contribution is -0.0401. The molecule has 0 unspecified atom stereocenters. The van der Waals surface area contributed by atoms with Crippen LogP contribution < -0.4 is 4.90 Å². The number of pyridine rings is 1. The van der Waals surface area contributed by atoms with Crippen LogP contribution in [0.3, 0.4) is 0 Å². The van der Waals surface area contributed by atoms with E-state index in [0.717, 1.165) is 60.3 Å². The maximum atomic E-state index is 6.34. The summed E-state index contributed by atoms with van der Waals surface area (Å²) in [5, 5.41) is 1.06. The number of nitrogens with zero attached hydrogens (tertiary/aromatic N) is 4. The number of anilines is 1. The van der Waals surface area contributed by atoms with Gasteiger partial charge in [0.25, 0.3) is 0 Å². The molecular weight excluding hydrogens is 352 g/mol. The second-order valence-corrected chi connectivity index (χ2v) is 8.70. The van der Waals surface area contributed by atoms with E-state index in [1.165, 1.54) is 30.4 Å². The zero-order valence-corrected chi connectivity index (χ0v) is 17.0. The minimum Gasteiger partial charge on any atom is -0.432 e. The average molecular weight is 380 g/mol. The molecule has 6 heteroatoms. The Kier molecular flexibility index (Phi) is 4.27. The van der Waals surface area contributed by atoms with Crippen LogP contribution in [0.15, 0.2) is 10.7 Å². The van der Waals surface area contributed by atoms with Crippen molar-refractivity contribution in [3.05, 3.63) is 23.1 Å². The fourth-order valence-electron chi connectivity index (χ4n) is 4.64. The van der Waals surface area contributed by atoms with Crippen molar-refractivity contribution in [1.29, 1.82) is 0 Å². The van der Waals surface area contributed by atoms with Crippen LogP contribution in [0.25, 0.3) is 22.2 Å². The summed E-state index contributed by atoms with van der Waals surface area (Å²) in [6, 6.07) is 0. The van der Waals surface area contributed by atoms with Gasteiger partial charge in [0.05, 0.1) is 23.3 Å². The summed E-state index contributed by atoms with van der Waals surface area (Å²) in [6.07, 6.45) is 8.19. The molecule has 0 aliphatic carbocycles. The van der Waals surface area contributed by atoms with Gasteiger partial charge in [0, 0.05) is 25.1 Å². The Morgan fingerprint density at radius 3 is 2.71 bits per heavy atom. The molecule has 0 spiro atoms. The van der Waals surface area contributed by atoms with Crippen LogP contribution in [0.1, 0.15) is 63.3 Å². The molecule has 2 aliphatic heterocycles. The van der Waals surface area contributed by atoms with E-state index in [9.17, 15) is 0 Å². The van der Waals surface area contributed by atoms with Crippen molar-refractivity contribution in [3.63, 3.8) is 0 Å². The van der Waals surface area contributed by atoms with Crippen molar-refractivity contribution in [2.45, 2.75) is 71.5 Å². The molecule has 0 atom stereocenters. The van der Waals surface area contributed by atoms with Crippen molar-refractivity contribution >= 4 is 28.0 Å². The predicted molar refractivity (Wildman–Crippen MR) is 110 cm³/mol. The van der Waals surface area contributed by atoms with Crippen molar-refractivity contribution < 1.29 is 9.15 Å². The second-order valence-electron chi connectivity index (χ2n) is 8.70. The molecule has 2 aliphatic rings. The highest BCUT2D eigenvalue weighted by atomic mass is 16.5. The Morgan fingerprint density at radius 1 is 1.11 bits per heavy atom. The third-order valence-electron chi connectivity index (χ3n) is 6.04. The van der Waals surface area contributed by atoms with Gasteiger partial charge in [-0.15, -0.1) is 0 Å². The Balaban J connectivity index is 1.77. The molecule has 0 aromatic carbocycles. The molecule has 0 saturated carbocycles. The average Bonchev–Trinajstić information content (AvgIpc) is 3.06. The fourth-order valence-corrected chi connectivity index (χ4v) is 4.64. The third-order valence-corrected chi connectivity index (χ3v) is 6.04. The first kappa shape index (κ1) is 17.9. The molecule has 0 amide bonds. The van der Waals surface area contributed by atoms with Crippen molar-refractivity contribution in [3.8, 4) is 0 Å². The number of piperidine rings is 1. The maximum Gasteiger partial charge on any atom is 0.229 e. The van der Waals surface area contributed by atoms with Crippen molar-refractivity contribution in [1.82, 2.24) is 15.0 Å². The Hall–Kier alpha value is -2.21. The molecule has 1 saturated heterocycles. The molecule has 3 aromatic heterocycles. The first-order valence-electron chi connectivity index (χ1n) is 10.5. The van der Waals surface area contributed by atoms with Gasteiger partial charge in [0.2, 0.25) is 5.71 Å². The number of aryl methyl sites for hydroxylation is 1. The summed E-state index contributed by atoms with van der Waals surface area (Å²) in [4.78, 5) is 16.5. The predicted octanol–water partition coefficient (Wildman–Crippen LogP) is 4.57. The number of ether oxygens (including phenoxy) is 1. The van der Waals surface area contributed by atoms with Gasteiger partial charge < -0.3 is 14.1 Å². The standard InChI is InChI=1S/C22H28N4O2/c1-4-8-16-15-12-27-22(2,3)11-14(15)17-18-19(28-21(17)25-16)20(24-13-23-18)26-9-6-5-7-10-26/h13H,4-12H2,1-3H3. The summed E-state index contributed by atoms with van der Waals surface area (Å²) in [5.41, 5.74) is 5.82. The summed E-state index contributed by atoms with van der Waals surface area (Å²) < 4.78 is 12.5. The first-order chi connectivity index (χ1) is 13.6. The lowest BCUT2D eigenvalue weighted by atomic mass is 9.88. The van der Waals surface area contributed by atoms with E-state index >= 15 is 0 Å². The van der Waals surface area contributed by atoms with E-state index in [1.807, 2.05) is 0 Å². The van der Waals surface area contributed by atoms with Crippen molar-refractivity contribution in [2.24, 2.45) is 0 Å². The zero-order chi connectivity index (χ0) is 19.3. The smallest absolute Gasteiger partial charge is 0.229 e. The summed E-state index contributed by atoms with van der Waals surface area (Å²) in [5.74, 6) is 0.916. The van der Waals surface area contributed by atoms with Crippen molar-refractivity contribution in [2.75, 3.05) is 18.0 Å². The second kappa shape index (κ2) is 6.69. The van der Waals surface area contributed by atoms with Gasteiger partial charge >= 0.3 is 0 Å². The molecular formula is C22H28N4O2. The highest BCUT2D eigenvalue weighted by Gasteiger charge is 2.32. The number of hydrogen-bond acceptors (Lipinski definition) is 6. The van der Waals surface area contributed by atoms with E-state index in [4.69, 9.17) is 14.1 Å². The SMILES string of the molecule is CCCc1nc2oc3c(N4CCCCC4)ncnc3c2c2c1COC(C)(C)C2.